The fourth-order valence-electron chi connectivity index (χ4n) is 4.41. The van der Waals surface area contributed by atoms with Gasteiger partial charge in [0.2, 0.25) is 0 Å². The van der Waals surface area contributed by atoms with Crippen LogP contribution in [0.2, 0.25) is 0 Å². The summed E-state index contributed by atoms with van der Waals surface area (Å²) in [5.74, 6) is 1.43. The summed E-state index contributed by atoms with van der Waals surface area (Å²) in [4.78, 5) is 12.2. The van der Waals surface area contributed by atoms with Crippen LogP contribution >= 0.6 is 0 Å². The summed E-state index contributed by atoms with van der Waals surface area (Å²) in [6.07, 6.45) is 4.85. The van der Waals surface area contributed by atoms with Crippen LogP contribution in [0.25, 0.3) is 5.57 Å². The highest BCUT2D eigenvalue weighted by molar-refractivity contribution is 5.84. The molecule has 3 aromatic rings. The third-order valence-corrected chi connectivity index (χ3v) is 6.25. The number of hydrogen-bond acceptors (Lipinski definition) is 5. The number of hydrogen-bond donors (Lipinski definition) is 0. The van der Waals surface area contributed by atoms with Gasteiger partial charge in [-0.2, -0.15) is 0 Å². The van der Waals surface area contributed by atoms with E-state index in [4.69, 9.17) is 18.9 Å². The van der Waals surface area contributed by atoms with Gasteiger partial charge >= 0.3 is 5.97 Å². The Kier molecular flexibility index (Phi) is 9.78. The molecule has 0 amide bonds. The Morgan fingerprint density at radius 3 is 2.49 bits per heavy atom. The lowest BCUT2D eigenvalue weighted by atomic mass is 9.93. The molecule has 0 fully saturated rings. The van der Waals surface area contributed by atoms with Crippen LogP contribution in [-0.4, -0.2) is 31.9 Å². The molecular formula is C32H36O5. The first-order valence-corrected chi connectivity index (χ1v) is 13.2. The highest BCUT2D eigenvalue weighted by Crippen LogP contribution is 2.36. The maximum Gasteiger partial charge on any atom is 0.335 e. The molecule has 0 aromatic heterocycles. The van der Waals surface area contributed by atoms with Crippen molar-refractivity contribution in [2.45, 2.75) is 52.2 Å². The third-order valence-electron chi connectivity index (χ3n) is 6.25. The zero-order valence-electron chi connectivity index (χ0n) is 21.8. The first-order valence-electron chi connectivity index (χ1n) is 13.2. The van der Waals surface area contributed by atoms with E-state index in [2.05, 4.69) is 42.5 Å². The van der Waals surface area contributed by atoms with Crippen LogP contribution in [-0.2, 0) is 27.3 Å². The maximum atomic E-state index is 12.2. The van der Waals surface area contributed by atoms with Crippen molar-refractivity contribution in [2.75, 3.05) is 19.8 Å². The lowest BCUT2D eigenvalue weighted by molar-refractivity contribution is -0.156. The molecule has 0 aliphatic carbocycles. The summed E-state index contributed by atoms with van der Waals surface area (Å²) < 4.78 is 22.9. The van der Waals surface area contributed by atoms with Gasteiger partial charge in [0.1, 0.15) is 18.1 Å². The zero-order valence-corrected chi connectivity index (χ0v) is 21.8. The molecule has 0 saturated heterocycles. The number of unbranched alkanes of at least 4 members (excludes halogenated alkanes) is 1. The molecule has 1 aliphatic heterocycles. The van der Waals surface area contributed by atoms with E-state index in [1.807, 2.05) is 43.3 Å². The Bertz CT molecular complexity index is 1130. The largest absolute Gasteiger partial charge is 0.494 e. The topological polar surface area (TPSA) is 54.0 Å². The molecule has 0 radical (unpaired) electrons. The quantitative estimate of drug-likeness (QED) is 0.203. The molecule has 194 valence electrons. The summed E-state index contributed by atoms with van der Waals surface area (Å²) >= 11 is 0. The van der Waals surface area contributed by atoms with Gasteiger partial charge in [-0.1, -0.05) is 67.6 Å². The third kappa shape index (κ3) is 7.23. The van der Waals surface area contributed by atoms with Crippen molar-refractivity contribution < 1.29 is 23.7 Å². The van der Waals surface area contributed by atoms with Gasteiger partial charge in [0.05, 0.1) is 13.2 Å². The van der Waals surface area contributed by atoms with E-state index in [-0.39, 0.29) is 5.97 Å². The predicted octanol–water partition coefficient (Wildman–Crippen LogP) is 6.77. The molecule has 0 bridgehead atoms. The van der Waals surface area contributed by atoms with E-state index in [1.165, 1.54) is 16.7 Å². The Balaban J connectivity index is 1.33. The van der Waals surface area contributed by atoms with E-state index in [1.54, 1.807) is 6.92 Å². The van der Waals surface area contributed by atoms with Gasteiger partial charge in [-0.3, -0.25) is 0 Å². The summed E-state index contributed by atoms with van der Waals surface area (Å²) in [7, 11) is 0. The molecule has 3 aromatic carbocycles. The number of rotatable bonds is 12. The zero-order chi connectivity index (χ0) is 25.9. The summed E-state index contributed by atoms with van der Waals surface area (Å²) in [5.41, 5.74) is 5.79. The highest BCUT2D eigenvalue weighted by Gasteiger charge is 2.21. The van der Waals surface area contributed by atoms with Crippen molar-refractivity contribution >= 4 is 11.5 Å². The van der Waals surface area contributed by atoms with Crippen molar-refractivity contribution in [1.29, 1.82) is 0 Å². The Labute approximate surface area is 220 Å². The van der Waals surface area contributed by atoms with Crippen LogP contribution in [0.15, 0.2) is 78.9 Å². The molecule has 0 spiro atoms. The summed E-state index contributed by atoms with van der Waals surface area (Å²) in [5, 5.41) is 0. The highest BCUT2D eigenvalue weighted by atomic mass is 16.6. The number of para-hydroxylation sites is 1. The summed E-state index contributed by atoms with van der Waals surface area (Å²) in [6, 6.07) is 24.5. The molecule has 4 rings (SSSR count). The smallest absolute Gasteiger partial charge is 0.335 e. The molecule has 5 heteroatoms. The van der Waals surface area contributed by atoms with Crippen molar-refractivity contribution in [2.24, 2.45) is 0 Å². The molecule has 1 unspecified atom stereocenters. The van der Waals surface area contributed by atoms with Gasteiger partial charge < -0.3 is 18.9 Å². The number of carbonyl (C=O) groups is 1. The van der Waals surface area contributed by atoms with Gasteiger partial charge in [0.15, 0.2) is 6.10 Å². The van der Waals surface area contributed by atoms with Crippen molar-refractivity contribution in [3.63, 3.8) is 0 Å². The number of carbonyl (C=O) groups excluding carboxylic acids is 1. The van der Waals surface area contributed by atoms with Gasteiger partial charge in [-0.15, -0.1) is 0 Å². The molecule has 37 heavy (non-hydrogen) atoms. The lowest BCUT2D eigenvalue weighted by Gasteiger charge is -2.16. The number of fused-ring (bicyclic) bond motifs is 2. The van der Waals surface area contributed by atoms with Gasteiger partial charge in [-0.25, -0.2) is 4.79 Å². The van der Waals surface area contributed by atoms with Crippen LogP contribution in [0.3, 0.4) is 0 Å². The molecule has 1 heterocycles. The minimum Gasteiger partial charge on any atom is -0.494 e. The first kappa shape index (κ1) is 26.5. The van der Waals surface area contributed by atoms with E-state index in [0.717, 1.165) is 41.9 Å². The Morgan fingerprint density at radius 2 is 1.70 bits per heavy atom. The minimum atomic E-state index is -0.579. The number of esters is 1. The van der Waals surface area contributed by atoms with Gasteiger partial charge in [0.25, 0.3) is 0 Å². The monoisotopic (exact) mass is 500 g/mol. The fourth-order valence-corrected chi connectivity index (χ4v) is 4.41. The van der Waals surface area contributed by atoms with Gasteiger partial charge in [0, 0.05) is 18.6 Å². The van der Waals surface area contributed by atoms with Crippen LogP contribution < -0.4 is 9.47 Å². The predicted molar refractivity (Wildman–Crippen MR) is 146 cm³/mol. The first-order chi connectivity index (χ1) is 18.2. The average molecular weight is 501 g/mol. The lowest BCUT2D eigenvalue weighted by Crippen LogP contribution is -2.29. The SMILES string of the molecule is CCCOC(Cc1ccc(OCCCC=C2c3ccccc3COc3ccccc32)cc1)C(=O)OCC. The van der Waals surface area contributed by atoms with Crippen molar-refractivity contribution in [1.82, 2.24) is 0 Å². The Hall–Kier alpha value is -3.57. The standard InChI is InChI=1S/C32H36O5/c1-3-20-36-31(32(33)34-4-2)22-24-16-18-26(19-17-24)35-21-10-9-13-28-27-12-6-5-11-25(27)23-37-30-15-8-7-14-29(28)30/h5-8,11-19,31H,3-4,9-10,20-23H2,1-2H3. The van der Waals surface area contributed by atoms with E-state index in [9.17, 15) is 4.79 Å². The number of ether oxygens (including phenoxy) is 4. The normalized spacial score (nSPS) is 14.2. The van der Waals surface area contributed by atoms with Crippen molar-refractivity contribution in [3.8, 4) is 11.5 Å². The molecular weight excluding hydrogens is 464 g/mol. The van der Waals surface area contributed by atoms with Crippen LogP contribution in [0.5, 0.6) is 11.5 Å². The minimum absolute atomic E-state index is 0.309. The molecule has 0 saturated carbocycles. The maximum absolute atomic E-state index is 12.2. The number of allylic oxidation sites excluding steroid dienone is 1. The molecule has 0 N–H and O–H groups in total. The van der Waals surface area contributed by atoms with Crippen LogP contribution in [0, 0.1) is 0 Å². The number of benzene rings is 3. The van der Waals surface area contributed by atoms with E-state index >= 15 is 0 Å². The summed E-state index contributed by atoms with van der Waals surface area (Å²) in [6.45, 7) is 5.91. The molecule has 1 aliphatic rings. The van der Waals surface area contributed by atoms with Crippen LogP contribution in [0.4, 0.5) is 0 Å². The molecule has 1 atom stereocenters. The average Bonchev–Trinajstić information content (AvgIpc) is 3.09. The van der Waals surface area contributed by atoms with E-state index in [0.29, 0.717) is 32.8 Å². The van der Waals surface area contributed by atoms with Crippen LogP contribution in [0.1, 0.15) is 55.4 Å². The van der Waals surface area contributed by atoms with Gasteiger partial charge in [-0.05, 0) is 66.6 Å². The fraction of sp³-hybridized carbons (Fsp3) is 0.344. The Morgan fingerprint density at radius 1 is 0.946 bits per heavy atom. The second kappa shape index (κ2) is 13.7. The van der Waals surface area contributed by atoms with E-state index < -0.39 is 6.10 Å². The second-order valence-corrected chi connectivity index (χ2v) is 9.01. The second-order valence-electron chi connectivity index (χ2n) is 9.01. The van der Waals surface area contributed by atoms with Crippen molar-refractivity contribution in [3.05, 3.63) is 101 Å². The molecule has 5 nitrogen and oxygen atoms in total.